The molecule has 2 N–H and O–H groups in total. The average molecular weight is 306 g/mol. The first-order valence-corrected chi connectivity index (χ1v) is 7.19. The van der Waals surface area contributed by atoms with Crippen molar-refractivity contribution in [3.63, 3.8) is 0 Å². The summed E-state index contributed by atoms with van der Waals surface area (Å²) < 4.78 is 10.8. The molecule has 0 spiro atoms. The number of ether oxygens (including phenoxy) is 2. The van der Waals surface area contributed by atoms with E-state index < -0.39 is 5.54 Å². The summed E-state index contributed by atoms with van der Waals surface area (Å²) in [5.41, 5.74) is 7.74. The van der Waals surface area contributed by atoms with Crippen LogP contribution in [-0.2, 0) is 10.3 Å². The second kappa shape index (κ2) is 6.94. The van der Waals surface area contributed by atoms with Crippen molar-refractivity contribution in [2.45, 2.75) is 12.5 Å². The molecule has 0 aliphatic rings. The standard InChI is InChI=1S/C17H20ClNO2/c1-17(19,13-6-5-7-14(18)12-13)15-8-3-4-9-16(15)21-11-10-20-2/h3-9,12H,10-11,19H2,1-2H3. The van der Waals surface area contributed by atoms with Crippen LogP contribution < -0.4 is 10.5 Å². The van der Waals surface area contributed by atoms with Crippen LogP contribution in [-0.4, -0.2) is 20.3 Å². The molecular weight excluding hydrogens is 286 g/mol. The Balaban J connectivity index is 2.35. The lowest BCUT2D eigenvalue weighted by molar-refractivity contribution is 0.145. The number of methoxy groups -OCH3 is 1. The summed E-state index contributed by atoms with van der Waals surface area (Å²) in [5.74, 6) is 0.763. The minimum Gasteiger partial charge on any atom is -0.491 e. The van der Waals surface area contributed by atoms with E-state index in [1.165, 1.54) is 0 Å². The maximum absolute atomic E-state index is 6.56. The smallest absolute Gasteiger partial charge is 0.124 e. The fourth-order valence-corrected chi connectivity index (χ4v) is 2.41. The van der Waals surface area contributed by atoms with E-state index in [9.17, 15) is 0 Å². The summed E-state index contributed by atoms with van der Waals surface area (Å²) in [6, 6.07) is 15.4. The van der Waals surface area contributed by atoms with Crippen LogP contribution in [0.3, 0.4) is 0 Å². The van der Waals surface area contributed by atoms with Crippen LogP contribution in [0.4, 0.5) is 0 Å². The van der Waals surface area contributed by atoms with Crippen LogP contribution >= 0.6 is 11.6 Å². The molecule has 0 saturated carbocycles. The zero-order chi connectivity index (χ0) is 15.3. The monoisotopic (exact) mass is 305 g/mol. The number of benzene rings is 2. The minimum absolute atomic E-state index is 0.485. The molecule has 4 heteroatoms. The quantitative estimate of drug-likeness (QED) is 0.830. The van der Waals surface area contributed by atoms with Gasteiger partial charge in [-0.3, -0.25) is 0 Å². The summed E-state index contributed by atoms with van der Waals surface area (Å²) in [6.07, 6.45) is 0. The Morgan fingerprint density at radius 3 is 2.57 bits per heavy atom. The van der Waals surface area contributed by atoms with Crippen LogP contribution in [0.15, 0.2) is 48.5 Å². The highest BCUT2D eigenvalue weighted by Crippen LogP contribution is 2.34. The molecule has 112 valence electrons. The number of hydrogen-bond donors (Lipinski definition) is 1. The molecule has 0 aliphatic carbocycles. The van der Waals surface area contributed by atoms with E-state index in [2.05, 4.69) is 0 Å². The molecule has 2 aromatic carbocycles. The number of halogens is 1. The number of hydrogen-bond acceptors (Lipinski definition) is 3. The molecule has 0 heterocycles. The van der Waals surface area contributed by atoms with Gasteiger partial charge in [0.25, 0.3) is 0 Å². The molecule has 3 nitrogen and oxygen atoms in total. The molecule has 21 heavy (non-hydrogen) atoms. The molecule has 0 amide bonds. The van der Waals surface area contributed by atoms with Gasteiger partial charge in [0, 0.05) is 17.7 Å². The van der Waals surface area contributed by atoms with E-state index in [0.717, 1.165) is 16.9 Å². The molecule has 0 radical (unpaired) electrons. The van der Waals surface area contributed by atoms with Crippen molar-refractivity contribution < 1.29 is 9.47 Å². The van der Waals surface area contributed by atoms with Crippen molar-refractivity contribution >= 4 is 11.6 Å². The van der Waals surface area contributed by atoms with Crippen molar-refractivity contribution in [3.8, 4) is 5.75 Å². The van der Waals surface area contributed by atoms with Crippen LogP contribution in [0, 0.1) is 0 Å². The highest BCUT2D eigenvalue weighted by Gasteiger charge is 2.27. The Hall–Kier alpha value is -1.55. The highest BCUT2D eigenvalue weighted by atomic mass is 35.5. The van der Waals surface area contributed by atoms with Crippen molar-refractivity contribution in [3.05, 3.63) is 64.7 Å². The van der Waals surface area contributed by atoms with Gasteiger partial charge in [-0.05, 0) is 30.7 Å². The number of para-hydroxylation sites is 1. The normalized spacial score (nSPS) is 13.7. The van der Waals surface area contributed by atoms with Gasteiger partial charge in [0.2, 0.25) is 0 Å². The fraction of sp³-hybridized carbons (Fsp3) is 0.294. The molecule has 2 aromatic rings. The Labute approximate surface area is 130 Å². The molecule has 0 fully saturated rings. The third kappa shape index (κ3) is 3.76. The summed E-state index contributed by atoms with van der Waals surface area (Å²) in [4.78, 5) is 0. The van der Waals surface area contributed by atoms with E-state index in [-0.39, 0.29) is 0 Å². The number of nitrogens with two attached hydrogens (primary N) is 1. The molecule has 0 aliphatic heterocycles. The summed E-state index contributed by atoms with van der Waals surface area (Å²) in [7, 11) is 1.65. The lowest BCUT2D eigenvalue weighted by Gasteiger charge is -2.28. The Bertz CT molecular complexity index is 599. The third-order valence-corrected chi connectivity index (χ3v) is 3.65. The zero-order valence-electron chi connectivity index (χ0n) is 12.3. The summed E-state index contributed by atoms with van der Waals surface area (Å²) >= 11 is 6.08. The maximum Gasteiger partial charge on any atom is 0.124 e. The lowest BCUT2D eigenvalue weighted by atomic mass is 9.85. The molecular formula is C17H20ClNO2. The van der Waals surface area contributed by atoms with Crippen molar-refractivity contribution in [1.82, 2.24) is 0 Å². The summed E-state index contributed by atoms with van der Waals surface area (Å²) in [5, 5.41) is 0.668. The second-order valence-corrected chi connectivity index (χ2v) is 5.49. The largest absolute Gasteiger partial charge is 0.491 e. The topological polar surface area (TPSA) is 44.5 Å². The van der Waals surface area contributed by atoms with Gasteiger partial charge in [-0.1, -0.05) is 41.9 Å². The van der Waals surface area contributed by atoms with Crippen molar-refractivity contribution in [2.75, 3.05) is 20.3 Å². The number of rotatable bonds is 6. The molecule has 0 saturated heterocycles. The predicted octanol–water partition coefficient (Wildman–Crippen LogP) is 3.59. The van der Waals surface area contributed by atoms with Crippen LogP contribution in [0.5, 0.6) is 5.75 Å². The van der Waals surface area contributed by atoms with Gasteiger partial charge in [0.1, 0.15) is 12.4 Å². The Morgan fingerprint density at radius 2 is 1.86 bits per heavy atom. The lowest BCUT2D eigenvalue weighted by Crippen LogP contribution is -2.34. The van der Waals surface area contributed by atoms with Crippen molar-refractivity contribution in [1.29, 1.82) is 0 Å². The SMILES string of the molecule is COCCOc1ccccc1C(C)(N)c1cccc(Cl)c1. The Kier molecular flexibility index (Phi) is 5.23. The van der Waals surface area contributed by atoms with Gasteiger partial charge < -0.3 is 15.2 Å². The van der Waals surface area contributed by atoms with Gasteiger partial charge >= 0.3 is 0 Å². The molecule has 1 atom stereocenters. The first kappa shape index (κ1) is 15.8. The van der Waals surface area contributed by atoms with E-state index >= 15 is 0 Å². The van der Waals surface area contributed by atoms with Gasteiger partial charge in [-0.2, -0.15) is 0 Å². The van der Waals surface area contributed by atoms with Gasteiger partial charge in [0.15, 0.2) is 0 Å². The summed E-state index contributed by atoms with van der Waals surface area (Å²) in [6.45, 7) is 2.98. The van der Waals surface area contributed by atoms with Gasteiger partial charge in [-0.15, -0.1) is 0 Å². The van der Waals surface area contributed by atoms with Gasteiger partial charge in [-0.25, -0.2) is 0 Å². The van der Waals surface area contributed by atoms with E-state index in [4.69, 9.17) is 26.8 Å². The average Bonchev–Trinajstić information content (AvgIpc) is 2.48. The third-order valence-electron chi connectivity index (χ3n) is 3.42. The predicted molar refractivity (Wildman–Crippen MR) is 85.9 cm³/mol. The Morgan fingerprint density at radius 1 is 1.10 bits per heavy atom. The van der Waals surface area contributed by atoms with E-state index in [1.54, 1.807) is 7.11 Å². The fourth-order valence-electron chi connectivity index (χ4n) is 2.22. The zero-order valence-corrected chi connectivity index (χ0v) is 13.1. The van der Waals surface area contributed by atoms with Crippen LogP contribution in [0.1, 0.15) is 18.1 Å². The van der Waals surface area contributed by atoms with Crippen LogP contribution in [0.25, 0.3) is 0 Å². The molecule has 1 unspecified atom stereocenters. The second-order valence-electron chi connectivity index (χ2n) is 5.05. The van der Waals surface area contributed by atoms with Crippen LogP contribution in [0.2, 0.25) is 5.02 Å². The first-order chi connectivity index (χ1) is 10.1. The van der Waals surface area contributed by atoms with Crippen molar-refractivity contribution in [2.24, 2.45) is 5.73 Å². The molecule has 2 rings (SSSR count). The van der Waals surface area contributed by atoms with Gasteiger partial charge in [0.05, 0.1) is 12.1 Å². The highest BCUT2D eigenvalue weighted by molar-refractivity contribution is 6.30. The van der Waals surface area contributed by atoms with E-state index in [1.807, 2.05) is 55.5 Å². The minimum atomic E-state index is -0.686. The molecule has 0 aromatic heterocycles. The molecule has 0 bridgehead atoms. The first-order valence-electron chi connectivity index (χ1n) is 6.82. The van der Waals surface area contributed by atoms with E-state index in [0.29, 0.717) is 18.2 Å². The maximum atomic E-state index is 6.56.